The lowest BCUT2D eigenvalue weighted by Gasteiger charge is -2.13. The number of hydrogen-bond acceptors (Lipinski definition) is 27. The molecule has 2 aromatic rings. The van der Waals surface area contributed by atoms with Crippen molar-refractivity contribution in [1.29, 1.82) is 0 Å². The van der Waals surface area contributed by atoms with Crippen LogP contribution in [0, 0.1) is 0 Å². The first kappa shape index (κ1) is 86.3. The van der Waals surface area contributed by atoms with E-state index in [1.165, 1.54) is 17.1 Å². The number of alkyl carbamates (subject to hydrolysis) is 2. The molecule has 3 unspecified atom stereocenters. The molecule has 1 aromatic carbocycles. The number of aromatic nitrogens is 3. The zero-order valence-electron chi connectivity index (χ0n) is 55.4. The largest absolute Gasteiger partial charge is 0.535 e. The van der Waals surface area contributed by atoms with E-state index in [1.807, 2.05) is 46.8 Å². The summed E-state index contributed by atoms with van der Waals surface area (Å²) in [5, 5.41) is 21.2. The Morgan fingerprint density at radius 2 is 0.828 bits per heavy atom. The molecule has 4 rings (SSSR count). The van der Waals surface area contributed by atoms with Crippen LogP contribution in [-0.4, -0.2) is 261 Å². The molecule has 1 aromatic heterocycles. The predicted octanol–water partition coefficient (Wildman–Crippen LogP) is 2.52. The van der Waals surface area contributed by atoms with E-state index in [9.17, 15) is 38.4 Å². The van der Waals surface area contributed by atoms with Gasteiger partial charge >= 0.3 is 18.3 Å². The Morgan fingerprint density at radius 3 is 1.20 bits per heavy atom. The molecule has 0 saturated heterocycles. The molecular formula is C61H106N10O22. The van der Waals surface area contributed by atoms with Crippen LogP contribution in [0.5, 0.6) is 0 Å². The Hall–Kier alpha value is -6.66. The lowest BCUT2D eigenvalue weighted by Crippen LogP contribution is -2.38. The highest BCUT2D eigenvalue weighted by atomic mass is 16.8. The zero-order chi connectivity index (χ0) is 69.0. The molecule has 0 saturated carbocycles. The van der Waals surface area contributed by atoms with Gasteiger partial charge in [-0.2, -0.15) is 0 Å². The van der Waals surface area contributed by atoms with Crippen LogP contribution in [0.2, 0.25) is 0 Å². The van der Waals surface area contributed by atoms with Gasteiger partial charge < -0.3 is 89.8 Å². The minimum absolute atomic E-state index is 0.0484. The summed E-state index contributed by atoms with van der Waals surface area (Å²) in [6.07, 6.45) is 9.73. The molecule has 9 N–H and O–H groups in total. The Balaban J connectivity index is 0.00000117. The molecule has 93 heavy (non-hydrogen) atoms. The van der Waals surface area contributed by atoms with Crippen molar-refractivity contribution >= 4 is 58.9 Å². The van der Waals surface area contributed by atoms with Gasteiger partial charge in [0.05, 0.1) is 79.3 Å². The Bertz CT molecular complexity index is 2300. The summed E-state index contributed by atoms with van der Waals surface area (Å²) in [5.74, 6) is -2.83. The van der Waals surface area contributed by atoms with Crippen molar-refractivity contribution in [2.24, 2.45) is 17.2 Å². The van der Waals surface area contributed by atoms with Gasteiger partial charge in [-0.1, -0.05) is 37.7 Å². The van der Waals surface area contributed by atoms with Crippen LogP contribution in [-0.2, 0) is 80.8 Å². The number of nitrogens with one attached hydrogen (secondary N) is 2. The van der Waals surface area contributed by atoms with Crippen LogP contribution < -0.4 is 32.7 Å². The molecule has 0 fully saturated rings. The Morgan fingerprint density at radius 1 is 0.484 bits per heavy atom. The number of carbonyl (C=O) groups excluding carboxylic acids is 8. The van der Waals surface area contributed by atoms with Crippen LogP contribution in [0.4, 0.5) is 14.4 Å². The lowest BCUT2D eigenvalue weighted by atomic mass is 10.3. The van der Waals surface area contributed by atoms with Gasteiger partial charge in [-0.05, 0) is 116 Å². The zero-order valence-corrected chi connectivity index (χ0v) is 55.4. The first-order valence-electron chi connectivity index (χ1n) is 31.6. The number of aliphatic hydroxyl groups is 1. The highest BCUT2D eigenvalue weighted by Gasteiger charge is 2.29. The molecule has 0 aliphatic carbocycles. The average molecular weight is 1330 g/mol. The number of fused-ring (bicyclic) bond motifs is 1. The maximum absolute atomic E-state index is 11.4. The van der Waals surface area contributed by atoms with Crippen molar-refractivity contribution in [3.63, 3.8) is 0 Å². The number of nitrogens with zero attached hydrogens (tertiary/aromatic N) is 5. The topological polar surface area (TPSA) is 416 Å². The second kappa shape index (κ2) is 60.3. The SMILES string of the molecule is CCC(C)OC(=O)NCCCOCCOCCOCCCN.CCC(C)OC(=O)NCCCOCCOCCOCCCN1C(=O)C=CC1=O.CCC(C)OC(=O)On1nnc2ccccc21.NCCCOCCOCCOCCCN.O=C1C=CC(=O)N1C(=O)CO. The number of ether oxygens (including phenoxy) is 12. The van der Waals surface area contributed by atoms with E-state index in [0.29, 0.717) is 187 Å². The number of para-hydroxylation sites is 1. The molecule has 32 nitrogen and oxygen atoms in total. The summed E-state index contributed by atoms with van der Waals surface area (Å²) in [5.41, 5.74) is 17.2. The number of nitrogens with two attached hydrogens (primary N) is 3. The number of amides is 7. The smallest absolute Gasteiger partial charge is 0.447 e. The van der Waals surface area contributed by atoms with Gasteiger partial charge in [0, 0.05) is 83.6 Å². The highest BCUT2D eigenvalue weighted by Crippen LogP contribution is 2.09. The monoisotopic (exact) mass is 1330 g/mol. The van der Waals surface area contributed by atoms with E-state index in [2.05, 4.69) is 20.9 Å². The summed E-state index contributed by atoms with van der Waals surface area (Å²) in [6.45, 7) is 24.2. The fraction of sp³-hybridized carbons (Fsp3) is 0.705. The van der Waals surface area contributed by atoms with Crippen LogP contribution in [0.1, 0.15) is 99.3 Å². The second-order valence-corrected chi connectivity index (χ2v) is 19.8. The van der Waals surface area contributed by atoms with Gasteiger partial charge in [-0.3, -0.25) is 33.7 Å². The Labute approximate surface area is 546 Å². The molecule has 3 atom stereocenters. The fourth-order valence-electron chi connectivity index (χ4n) is 6.47. The number of aliphatic hydroxyl groups excluding tert-OH is 1. The van der Waals surface area contributed by atoms with Crippen molar-refractivity contribution in [2.75, 3.05) is 165 Å². The maximum atomic E-state index is 11.4. The van der Waals surface area contributed by atoms with E-state index in [0.717, 1.165) is 61.9 Å². The van der Waals surface area contributed by atoms with Gasteiger partial charge in [0.15, 0.2) is 0 Å². The van der Waals surface area contributed by atoms with E-state index < -0.39 is 36.6 Å². The third-order valence-electron chi connectivity index (χ3n) is 12.1. The molecule has 2 aliphatic heterocycles. The van der Waals surface area contributed by atoms with Crippen molar-refractivity contribution in [2.45, 2.75) is 118 Å². The summed E-state index contributed by atoms with van der Waals surface area (Å²) in [6, 6.07) is 7.18. The van der Waals surface area contributed by atoms with Crippen molar-refractivity contribution in [3.05, 3.63) is 48.6 Å². The first-order chi connectivity index (χ1) is 45.0. The third kappa shape index (κ3) is 47.8. The van der Waals surface area contributed by atoms with E-state index >= 15 is 0 Å². The molecule has 532 valence electrons. The minimum atomic E-state index is -0.898. The summed E-state index contributed by atoms with van der Waals surface area (Å²) in [7, 11) is 0. The van der Waals surface area contributed by atoms with Gasteiger partial charge in [-0.15, -0.1) is 5.10 Å². The molecule has 2 aliphatic rings. The van der Waals surface area contributed by atoms with E-state index in [4.69, 9.17) is 84.0 Å². The fourth-order valence-corrected chi connectivity index (χ4v) is 6.47. The molecule has 32 heteroatoms. The van der Waals surface area contributed by atoms with E-state index in [1.54, 1.807) is 19.1 Å². The summed E-state index contributed by atoms with van der Waals surface area (Å²) in [4.78, 5) is 96.3. The van der Waals surface area contributed by atoms with E-state index in [-0.39, 0.29) is 36.2 Å². The van der Waals surface area contributed by atoms with Gasteiger partial charge in [-0.25, -0.2) is 19.3 Å². The molecular weight excluding hydrogens is 1220 g/mol. The molecule has 0 bridgehead atoms. The van der Waals surface area contributed by atoms with Crippen LogP contribution in [0.25, 0.3) is 11.0 Å². The summed E-state index contributed by atoms with van der Waals surface area (Å²) >= 11 is 0. The third-order valence-corrected chi connectivity index (χ3v) is 12.1. The standard InChI is InChI=1S/C19H32N2O7.C15H32N2O5.C11H13N3O3.C10H24N2O3.C6H5NO4/c1-3-16(2)28-19(24)20-8-4-10-25-12-14-27-15-13-26-11-5-9-21-17(22)6-7-18(21)23;1-3-14(2)22-15(18)17-7-5-9-20-11-13-21-12-10-19-8-4-6-16;1-3-8(2)16-11(15)17-14-10-7-5-4-6-9(10)12-13-14;11-3-1-5-13-7-9-15-10-8-14-6-2-4-12;8-3-6(11)7-4(9)1-2-5(7)10/h6-7,16H,3-5,8-15H2,1-2H3,(H,20,24);14H,3-13,16H2,1-2H3,(H,17,18);4-8H,3H2,1-2H3;1-12H2;1-2,8H,3H2. The first-order valence-corrected chi connectivity index (χ1v) is 31.6. The van der Waals surface area contributed by atoms with Crippen LogP contribution >= 0.6 is 0 Å². The normalized spacial score (nSPS) is 13.2. The average Bonchev–Trinajstić information content (AvgIpc) is 1.81. The highest BCUT2D eigenvalue weighted by molar-refractivity contribution is 6.22. The Kier molecular flexibility index (Phi) is 56.0. The number of hydrogen-bond donors (Lipinski definition) is 6. The van der Waals surface area contributed by atoms with Crippen LogP contribution in [0.3, 0.4) is 0 Å². The van der Waals surface area contributed by atoms with Gasteiger partial charge in [0.1, 0.15) is 36.0 Å². The quantitative estimate of drug-likeness (QED) is 0.0182. The van der Waals surface area contributed by atoms with Crippen molar-refractivity contribution in [3.8, 4) is 0 Å². The maximum Gasteiger partial charge on any atom is 0.535 e. The molecule has 0 radical (unpaired) electrons. The van der Waals surface area contributed by atoms with Crippen molar-refractivity contribution in [1.82, 2.24) is 35.6 Å². The van der Waals surface area contributed by atoms with Gasteiger partial charge in [0.25, 0.3) is 29.5 Å². The molecule has 0 spiro atoms. The van der Waals surface area contributed by atoms with Crippen LogP contribution in [0.15, 0.2) is 48.6 Å². The van der Waals surface area contributed by atoms with Crippen molar-refractivity contribution < 1.29 is 105 Å². The minimum Gasteiger partial charge on any atom is -0.447 e. The number of carbonyl (C=O) groups is 8. The molecule has 3 heterocycles. The number of rotatable bonds is 47. The molecule has 7 amide bonds. The number of imide groups is 4. The van der Waals surface area contributed by atoms with Gasteiger partial charge in [0.2, 0.25) is 0 Å². The lowest BCUT2D eigenvalue weighted by molar-refractivity contribution is -0.150. The predicted molar refractivity (Wildman–Crippen MR) is 340 cm³/mol. The number of benzene rings is 1. The summed E-state index contributed by atoms with van der Waals surface area (Å²) < 4.78 is 63.1. The second-order valence-electron chi connectivity index (χ2n) is 19.8.